The molecule has 0 radical (unpaired) electrons. The van der Waals surface area contributed by atoms with Gasteiger partial charge in [-0.3, -0.25) is 0 Å². The Morgan fingerprint density at radius 2 is 1.93 bits per heavy atom. The first-order valence-corrected chi connectivity index (χ1v) is 9.31. The molecule has 1 aromatic heterocycles. The summed E-state index contributed by atoms with van der Waals surface area (Å²) in [4.78, 5) is 30.3. The Kier molecular flexibility index (Phi) is 7.43. The number of hydrogen-bond donors (Lipinski definition) is 4. The minimum Gasteiger partial charge on any atom is -0.465 e. The number of imidazole rings is 1. The molecule has 0 aliphatic heterocycles. The lowest BCUT2D eigenvalue weighted by atomic mass is 10.1. The van der Waals surface area contributed by atoms with Crippen molar-refractivity contribution in [1.29, 1.82) is 0 Å². The van der Waals surface area contributed by atoms with Crippen LogP contribution in [-0.4, -0.2) is 39.4 Å². The van der Waals surface area contributed by atoms with Crippen molar-refractivity contribution in [3.8, 4) is 11.4 Å². The van der Waals surface area contributed by atoms with Crippen LogP contribution in [0.1, 0.15) is 51.8 Å². The summed E-state index contributed by atoms with van der Waals surface area (Å²) in [6, 6.07) is 9.23. The third-order valence-electron chi connectivity index (χ3n) is 3.90. The Hall–Kier alpha value is -3.03. The fraction of sp³-hybridized carbons (Fsp3) is 0.450. The van der Waals surface area contributed by atoms with Crippen LogP contribution in [0.5, 0.6) is 0 Å². The van der Waals surface area contributed by atoms with Crippen LogP contribution in [0.25, 0.3) is 11.4 Å². The Labute approximate surface area is 164 Å². The van der Waals surface area contributed by atoms with Gasteiger partial charge in [-0.05, 0) is 40.0 Å². The van der Waals surface area contributed by atoms with E-state index in [-0.39, 0.29) is 0 Å². The van der Waals surface area contributed by atoms with Gasteiger partial charge in [-0.15, -0.1) is 0 Å². The number of aromatic amines is 1. The highest BCUT2D eigenvalue weighted by atomic mass is 16.6. The zero-order valence-corrected chi connectivity index (χ0v) is 16.5. The number of H-pyrrole nitrogens is 1. The van der Waals surface area contributed by atoms with Crippen LogP contribution < -0.4 is 10.6 Å². The number of aromatic nitrogens is 2. The smallest absolute Gasteiger partial charge is 0.407 e. The maximum absolute atomic E-state index is 11.6. The molecule has 8 heteroatoms. The van der Waals surface area contributed by atoms with Crippen LogP contribution in [0, 0.1) is 0 Å². The molecule has 0 saturated heterocycles. The average Bonchev–Trinajstić information content (AvgIpc) is 3.09. The van der Waals surface area contributed by atoms with E-state index in [4.69, 9.17) is 9.84 Å². The lowest BCUT2D eigenvalue weighted by molar-refractivity contribution is 0.0527. The van der Waals surface area contributed by atoms with Gasteiger partial charge < -0.3 is 25.5 Å². The molecule has 4 N–H and O–H groups in total. The minimum absolute atomic E-state index is 0.399. The Morgan fingerprint density at radius 3 is 2.57 bits per heavy atom. The van der Waals surface area contributed by atoms with Crippen molar-refractivity contribution in [2.45, 2.75) is 51.7 Å². The van der Waals surface area contributed by atoms with Crippen molar-refractivity contribution in [2.24, 2.45) is 0 Å². The van der Waals surface area contributed by atoms with E-state index in [1.54, 1.807) is 6.20 Å². The predicted octanol–water partition coefficient (Wildman–Crippen LogP) is 4.08. The number of carboxylic acid groups (broad SMARTS) is 1. The number of benzene rings is 1. The summed E-state index contributed by atoms with van der Waals surface area (Å²) < 4.78 is 5.18. The average molecular weight is 388 g/mol. The molecule has 2 aromatic rings. The Morgan fingerprint density at radius 1 is 1.21 bits per heavy atom. The van der Waals surface area contributed by atoms with E-state index in [0.29, 0.717) is 30.9 Å². The fourth-order valence-electron chi connectivity index (χ4n) is 2.69. The number of rotatable bonds is 8. The van der Waals surface area contributed by atoms with Crippen LogP contribution in [0.4, 0.5) is 9.59 Å². The number of nitrogens with one attached hydrogen (secondary N) is 3. The van der Waals surface area contributed by atoms with Crippen LogP contribution in [-0.2, 0) is 4.74 Å². The molecule has 0 spiro atoms. The van der Waals surface area contributed by atoms with E-state index in [1.807, 2.05) is 51.1 Å². The largest absolute Gasteiger partial charge is 0.465 e. The summed E-state index contributed by atoms with van der Waals surface area (Å²) in [6.07, 6.45) is 2.12. The maximum atomic E-state index is 11.6. The molecular weight excluding hydrogens is 360 g/mol. The quantitative estimate of drug-likeness (QED) is 0.509. The second-order valence-electron chi connectivity index (χ2n) is 7.48. The van der Waals surface area contributed by atoms with Crippen molar-refractivity contribution in [1.82, 2.24) is 20.6 Å². The van der Waals surface area contributed by atoms with Crippen LogP contribution in [0.3, 0.4) is 0 Å². The molecule has 0 aliphatic carbocycles. The zero-order chi connectivity index (χ0) is 20.6. The highest BCUT2D eigenvalue weighted by Gasteiger charge is 2.18. The number of carbonyl (C=O) groups is 2. The molecule has 0 bridgehead atoms. The predicted molar refractivity (Wildman–Crippen MR) is 106 cm³/mol. The molecule has 0 fully saturated rings. The first-order chi connectivity index (χ1) is 13.2. The number of hydrogen-bond acceptors (Lipinski definition) is 4. The molecule has 1 aromatic carbocycles. The number of ether oxygens (including phenoxy) is 1. The number of alkyl carbamates (subject to hydrolysis) is 1. The van der Waals surface area contributed by atoms with Gasteiger partial charge in [0.05, 0.1) is 17.9 Å². The maximum Gasteiger partial charge on any atom is 0.407 e. The lowest BCUT2D eigenvalue weighted by Crippen LogP contribution is -2.33. The van der Waals surface area contributed by atoms with E-state index in [1.165, 1.54) is 0 Å². The number of carbonyl (C=O) groups excluding carboxylic acids is 1. The first-order valence-electron chi connectivity index (χ1n) is 9.31. The third-order valence-corrected chi connectivity index (χ3v) is 3.90. The molecule has 1 atom stereocenters. The molecular formula is C20H28N4O4. The third kappa shape index (κ3) is 7.30. The number of unbranched alkanes of at least 4 members (excludes halogenated alkanes) is 1. The topological polar surface area (TPSA) is 116 Å². The standard InChI is InChI=1S/C20H28N4O4/c1-20(2,3)28-19(27)21-12-8-7-11-15(24-18(25)26)16-13-22-17(23-16)14-9-5-4-6-10-14/h4-6,9-10,13,15,24H,7-8,11-12H2,1-3H3,(H,21,27)(H,22,23)(H,25,26). The molecule has 1 heterocycles. The van der Waals surface area contributed by atoms with Crippen molar-refractivity contribution in [3.63, 3.8) is 0 Å². The van der Waals surface area contributed by atoms with E-state index in [9.17, 15) is 9.59 Å². The summed E-state index contributed by atoms with van der Waals surface area (Å²) in [7, 11) is 0. The van der Waals surface area contributed by atoms with Gasteiger partial charge in [-0.1, -0.05) is 30.3 Å². The second kappa shape index (κ2) is 9.77. The molecule has 2 amide bonds. The SMILES string of the molecule is CC(C)(C)OC(=O)NCCCCC(NC(=O)O)c1cnc(-c2ccccc2)[nH]1. The molecule has 2 rings (SSSR count). The van der Waals surface area contributed by atoms with Gasteiger partial charge in [0.25, 0.3) is 0 Å². The summed E-state index contributed by atoms with van der Waals surface area (Å²) in [5.74, 6) is 0.694. The summed E-state index contributed by atoms with van der Waals surface area (Å²) in [6.45, 7) is 5.89. The fourth-order valence-corrected chi connectivity index (χ4v) is 2.69. The van der Waals surface area contributed by atoms with Crippen molar-refractivity contribution in [2.75, 3.05) is 6.54 Å². The molecule has 152 valence electrons. The van der Waals surface area contributed by atoms with Gasteiger partial charge in [0.2, 0.25) is 0 Å². The minimum atomic E-state index is -1.09. The molecule has 28 heavy (non-hydrogen) atoms. The first kappa shape index (κ1) is 21.3. The van der Waals surface area contributed by atoms with Crippen LogP contribution in [0.2, 0.25) is 0 Å². The normalized spacial score (nSPS) is 12.2. The summed E-state index contributed by atoms with van der Waals surface area (Å²) in [5.41, 5.74) is 1.11. The highest BCUT2D eigenvalue weighted by molar-refractivity contribution is 5.67. The second-order valence-corrected chi connectivity index (χ2v) is 7.48. The Bertz CT molecular complexity index is 768. The number of amides is 2. The zero-order valence-electron chi connectivity index (χ0n) is 16.5. The Balaban J connectivity index is 1.86. The van der Waals surface area contributed by atoms with Crippen molar-refractivity contribution in [3.05, 3.63) is 42.2 Å². The van der Waals surface area contributed by atoms with Crippen molar-refractivity contribution >= 4 is 12.2 Å². The molecule has 8 nitrogen and oxygen atoms in total. The van der Waals surface area contributed by atoms with E-state index in [2.05, 4.69) is 20.6 Å². The van der Waals surface area contributed by atoms with Crippen LogP contribution >= 0.6 is 0 Å². The monoisotopic (exact) mass is 388 g/mol. The van der Waals surface area contributed by atoms with Gasteiger partial charge in [0.1, 0.15) is 11.4 Å². The van der Waals surface area contributed by atoms with Gasteiger partial charge in [-0.2, -0.15) is 0 Å². The van der Waals surface area contributed by atoms with E-state index < -0.39 is 23.8 Å². The van der Waals surface area contributed by atoms with E-state index >= 15 is 0 Å². The van der Waals surface area contributed by atoms with Gasteiger partial charge >= 0.3 is 12.2 Å². The molecule has 0 aliphatic rings. The molecule has 1 unspecified atom stereocenters. The number of nitrogens with zero attached hydrogens (tertiary/aromatic N) is 1. The van der Waals surface area contributed by atoms with E-state index in [0.717, 1.165) is 12.0 Å². The molecule has 0 saturated carbocycles. The summed E-state index contributed by atoms with van der Waals surface area (Å²) in [5, 5.41) is 14.4. The van der Waals surface area contributed by atoms with Gasteiger partial charge in [0, 0.05) is 12.1 Å². The lowest BCUT2D eigenvalue weighted by Gasteiger charge is -2.19. The highest BCUT2D eigenvalue weighted by Crippen LogP contribution is 2.22. The van der Waals surface area contributed by atoms with Gasteiger partial charge in [-0.25, -0.2) is 14.6 Å². The van der Waals surface area contributed by atoms with Gasteiger partial charge in [0.15, 0.2) is 0 Å². The summed E-state index contributed by atoms with van der Waals surface area (Å²) >= 11 is 0. The van der Waals surface area contributed by atoms with Crippen molar-refractivity contribution < 1.29 is 19.4 Å². The van der Waals surface area contributed by atoms with Crippen LogP contribution in [0.15, 0.2) is 36.5 Å².